The van der Waals surface area contributed by atoms with Crippen LogP contribution in [-0.4, -0.2) is 61.8 Å². The van der Waals surface area contributed by atoms with E-state index in [-0.39, 0.29) is 12.9 Å². The lowest BCUT2D eigenvalue weighted by Crippen LogP contribution is -2.57. The van der Waals surface area contributed by atoms with E-state index in [9.17, 15) is 42.8 Å². The minimum atomic E-state index is -6.70. The molecule has 242 valence electrons. The molecular weight excluding hydrogens is 654 g/mol. The standard InChI is InChI=1S/C27H29F4NO9S3/c1-3-20-6-9-23-19-25(13-10-22(23)18-20)40-16-5-4-15-39-17-14-21-7-11-24(12-8-21)41-44(37,38)27(30,31)26(28,29)43(35,36)32-42(2,33)34/h3,6-13,18-19,32H,1,4-5,14-17H2,2H3. The number of hydrogen-bond acceptors (Lipinski definition) is 9. The molecule has 0 radical (unpaired) electrons. The molecule has 44 heavy (non-hydrogen) atoms. The maximum Gasteiger partial charge on any atom is 0.459 e. The molecule has 0 aromatic heterocycles. The third kappa shape index (κ3) is 8.68. The van der Waals surface area contributed by atoms with Crippen LogP contribution in [0.2, 0.25) is 0 Å². The lowest BCUT2D eigenvalue weighted by molar-refractivity contribution is -0.101. The van der Waals surface area contributed by atoms with Crippen LogP contribution >= 0.6 is 0 Å². The molecule has 0 unspecified atom stereocenters. The van der Waals surface area contributed by atoms with E-state index in [4.69, 9.17) is 9.47 Å². The number of alkyl halides is 4. The van der Waals surface area contributed by atoms with Gasteiger partial charge in [0.1, 0.15) is 11.5 Å². The smallest absolute Gasteiger partial charge is 0.459 e. The Balaban J connectivity index is 1.42. The number of rotatable bonds is 17. The molecule has 0 heterocycles. The molecule has 0 aliphatic carbocycles. The summed E-state index contributed by atoms with van der Waals surface area (Å²) in [5.41, 5.74) is 1.59. The summed E-state index contributed by atoms with van der Waals surface area (Å²) in [6, 6.07) is 16.1. The molecule has 0 atom stereocenters. The normalized spacial score (nSPS) is 13.1. The Morgan fingerprint density at radius 3 is 2.00 bits per heavy atom. The van der Waals surface area contributed by atoms with Crippen molar-refractivity contribution in [2.45, 2.75) is 29.8 Å². The second-order valence-corrected chi connectivity index (χ2v) is 14.8. The van der Waals surface area contributed by atoms with Crippen LogP contribution < -0.4 is 13.0 Å². The maximum absolute atomic E-state index is 14.2. The van der Waals surface area contributed by atoms with E-state index in [2.05, 4.69) is 10.8 Å². The number of fused-ring (bicyclic) bond motifs is 1. The van der Waals surface area contributed by atoms with Crippen molar-refractivity contribution in [2.24, 2.45) is 0 Å². The molecule has 0 saturated carbocycles. The van der Waals surface area contributed by atoms with Gasteiger partial charge in [0.05, 0.1) is 19.5 Å². The molecule has 17 heteroatoms. The molecule has 0 amide bonds. The van der Waals surface area contributed by atoms with E-state index < -0.39 is 46.4 Å². The lowest BCUT2D eigenvalue weighted by Gasteiger charge is -2.25. The van der Waals surface area contributed by atoms with Crippen molar-refractivity contribution in [1.29, 1.82) is 0 Å². The zero-order valence-corrected chi connectivity index (χ0v) is 25.7. The second kappa shape index (κ2) is 13.8. The molecule has 0 fully saturated rings. The molecule has 0 bridgehead atoms. The number of sulfonamides is 2. The van der Waals surface area contributed by atoms with E-state index in [1.807, 2.05) is 36.4 Å². The fourth-order valence-corrected chi connectivity index (χ4v) is 7.41. The fraction of sp³-hybridized carbons (Fsp3) is 0.333. The Morgan fingerprint density at radius 1 is 0.773 bits per heavy atom. The molecule has 3 aromatic carbocycles. The Hall–Kier alpha value is -3.25. The summed E-state index contributed by atoms with van der Waals surface area (Å²) in [6.45, 7) is 4.92. The van der Waals surface area contributed by atoms with Crippen molar-refractivity contribution in [2.75, 3.05) is 26.1 Å². The van der Waals surface area contributed by atoms with Gasteiger partial charge in [0.2, 0.25) is 10.0 Å². The Morgan fingerprint density at radius 2 is 1.36 bits per heavy atom. The van der Waals surface area contributed by atoms with Gasteiger partial charge in [0.15, 0.2) is 0 Å². The van der Waals surface area contributed by atoms with Gasteiger partial charge in [-0.1, -0.05) is 43.0 Å². The van der Waals surface area contributed by atoms with E-state index in [1.165, 1.54) is 12.1 Å². The summed E-state index contributed by atoms with van der Waals surface area (Å²) in [5, 5.41) is -10.6. The van der Waals surface area contributed by atoms with Gasteiger partial charge in [0, 0.05) is 6.61 Å². The SMILES string of the molecule is C=Cc1ccc2cc(OCCCCOCCc3ccc(OS(=O)(=O)C(F)(F)C(F)(F)S(=O)(=O)NS(C)(=O)=O)cc3)ccc2c1. The number of unbranched alkanes of at least 4 members (excludes halogenated alkanes) is 1. The average molecular weight is 684 g/mol. The lowest BCUT2D eigenvalue weighted by atomic mass is 10.1. The summed E-state index contributed by atoms with van der Waals surface area (Å²) >= 11 is 0. The molecule has 0 saturated heterocycles. The number of halogens is 4. The predicted octanol–water partition coefficient (Wildman–Crippen LogP) is 4.67. The van der Waals surface area contributed by atoms with Gasteiger partial charge in [0.25, 0.3) is 10.0 Å². The summed E-state index contributed by atoms with van der Waals surface area (Å²) in [7, 11) is -18.3. The van der Waals surface area contributed by atoms with Crippen LogP contribution in [-0.2, 0) is 41.3 Å². The van der Waals surface area contributed by atoms with Crippen molar-refractivity contribution in [3.63, 3.8) is 0 Å². The molecule has 0 spiro atoms. The van der Waals surface area contributed by atoms with Gasteiger partial charge in [-0.2, -0.15) is 26.0 Å². The minimum absolute atomic E-state index is 0.0962. The fourth-order valence-electron chi connectivity index (χ4n) is 3.69. The maximum atomic E-state index is 14.2. The highest BCUT2D eigenvalue weighted by molar-refractivity contribution is 8.05. The predicted molar refractivity (Wildman–Crippen MR) is 156 cm³/mol. The summed E-state index contributed by atoms with van der Waals surface area (Å²) in [5.74, 6) is -0.0667. The third-order valence-electron chi connectivity index (χ3n) is 5.94. The quantitative estimate of drug-likeness (QED) is 0.122. The first-order valence-corrected chi connectivity index (χ1v) is 17.6. The number of benzene rings is 3. The van der Waals surface area contributed by atoms with Crippen LogP contribution in [0.1, 0.15) is 24.0 Å². The second-order valence-electron chi connectivity index (χ2n) is 9.46. The largest absolute Gasteiger partial charge is 0.494 e. The number of hydrogen-bond donors (Lipinski definition) is 1. The third-order valence-corrected chi connectivity index (χ3v) is 10.4. The van der Waals surface area contributed by atoms with Crippen molar-refractivity contribution < 1.29 is 56.5 Å². The van der Waals surface area contributed by atoms with Gasteiger partial charge in [-0.3, -0.25) is 0 Å². The van der Waals surface area contributed by atoms with Crippen molar-refractivity contribution in [3.8, 4) is 11.5 Å². The van der Waals surface area contributed by atoms with Crippen LogP contribution in [0.15, 0.2) is 67.2 Å². The number of ether oxygens (including phenoxy) is 2. The van der Waals surface area contributed by atoms with Crippen molar-refractivity contribution in [3.05, 3.63) is 78.4 Å². The van der Waals surface area contributed by atoms with Crippen LogP contribution in [0.3, 0.4) is 0 Å². The van der Waals surface area contributed by atoms with E-state index in [1.54, 1.807) is 6.08 Å². The monoisotopic (exact) mass is 683 g/mol. The summed E-state index contributed by atoms with van der Waals surface area (Å²) in [6.07, 6.45) is 3.63. The van der Waals surface area contributed by atoms with E-state index in [0.717, 1.165) is 40.6 Å². The van der Waals surface area contributed by atoms with Crippen LogP contribution in [0, 0.1) is 0 Å². The van der Waals surface area contributed by atoms with E-state index in [0.29, 0.717) is 35.7 Å². The highest BCUT2D eigenvalue weighted by atomic mass is 32.3. The first-order chi connectivity index (χ1) is 20.4. The first-order valence-electron chi connectivity index (χ1n) is 12.8. The Kier molecular flexibility index (Phi) is 11.1. The molecule has 0 aliphatic rings. The molecular formula is C27H29F4NO9S3. The van der Waals surface area contributed by atoms with Crippen LogP contribution in [0.25, 0.3) is 16.8 Å². The summed E-state index contributed by atoms with van der Waals surface area (Å²) < 4.78 is 141. The average Bonchev–Trinajstić information content (AvgIpc) is 2.93. The highest BCUT2D eigenvalue weighted by Crippen LogP contribution is 2.43. The molecule has 10 nitrogen and oxygen atoms in total. The van der Waals surface area contributed by atoms with Gasteiger partial charge in [-0.05, 0) is 71.5 Å². The first kappa shape index (κ1) is 35.2. The molecule has 0 aliphatic heterocycles. The van der Waals surface area contributed by atoms with E-state index >= 15 is 0 Å². The Labute approximate surface area is 252 Å². The zero-order chi connectivity index (χ0) is 32.8. The topological polar surface area (TPSA) is 142 Å². The Bertz CT molecular complexity index is 1800. The number of nitrogens with one attached hydrogen (secondary N) is 1. The minimum Gasteiger partial charge on any atom is -0.494 e. The van der Waals surface area contributed by atoms with Crippen molar-refractivity contribution >= 4 is 47.0 Å². The molecule has 1 N–H and O–H groups in total. The van der Waals surface area contributed by atoms with Gasteiger partial charge < -0.3 is 13.7 Å². The van der Waals surface area contributed by atoms with Gasteiger partial charge in [-0.25, -0.2) is 16.8 Å². The van der Waals surface area contributed by atoms with Gasteiger partial charge >= 0.3 is 20.6 Å². The van der Waals surface area contributed by atoms with Crippen LogP contribution in [0.4, 0.5) is 17.6 Å². The molecule has 3 aromatic rings. The van der Waals surface area contributed by atoms with Gasteiger partial charge in [-0.15, -0.1) is 4.13 Å². The zero-order valence-electron chi connectivity index (χ0n) is 23.2. The summed E-state index contributed by atoms with van der Waals surface area (Å²) in [4.78, 5) is 0. The van der Waals surface area contributed by atoms with Crippen LogP contribution in [0.5, 0.6) is 11.5 Å². The van der Waals surface area contributed by atoms with Crippen molar-refractivity contribution in [1.82, 2.24) is 4.13 Å². The highest BCUT2D eigenvalue weighted by Gasteiger charge is 2.75. The molecule has 3 rings (SSSR count).